The Morgan fingerprint density at radius 1 is 0.490 bits per heavy atom. The van der Waals surface area contributed by atoms with Crippen LogP contribution in [0.1, 0.15) is 35.0 Å². The lowest BCUT2D eigenvalue weighted by atomic mass is 9.95. The predicted molar refractivity (Wildman–Crippen MR) is 200 cm³/mol. The van der Waals surface area contributed by atoms with E-state index >= 15 is 0 Å². The third kappa shape index (κ3) is 5.01. The van der Waals surface area contributed by atoms with Crippen molar-refractivity contribution in [2.24, 2.45) is 0 Å². The quantitative estimate of drug-likeness (QED) is 0.138. The summed E-state index contributed by atoms with van der Waals surface area (Å²) in [5, 5.41) is 42.7. The molecule has 0 N–H and O–H groups in total. The second-order valence-electron chi connectivity index (χ2n) is 12.2. The molecule has 5 aromatic carbocycles. The van der Waals surface area contributed by atoms with Gasteiger partial charge in [0.15, 0.2) is 0 Å². The molecule has 51 heavy (non-hydrogen) atoms. The molecular formula is C45H24N6. The summed E-state index contributed by atoms with van der Waals surface area (Å²) in [6.45, 7) is 1.97. The molecule has 0 bridgehead atoms. The smallest absolute Gasteiger partial charge is 0.139 e. The Morgan fingerprint density at radius 2 is 0.980 bits per heavy atom. The van der Waals surface area contributed by atoms with Gasteiger partial charge in [-0.25, -0.2) is 9.97 Å². The molecule has 0 unspecified atom stereocenters. The molecule has 0 fully saturated rings. The highest BCUT2D eigenvalue weighted by Crippen LogP contribution is 2.51. The molecule has 2 aliphatic carbocycles. The van der Waals surface area contributed by atoms with Crippen molar-refractivity contribution in [2.45, 2.75) is 6.92 Å². The topological polar surface area (TPSA) is 121 Å². The largest absolute Gasteiger partial charge is 0.243 e. The average Bonchev–Trinajstić information content (AvgIpc) is 3.66. The Morgan fingerprint density at radius 3 is 1.53 bits per heavy atom. The predicted octanol–water partition coefficient (Wildman–Crippen LogP) is 10.2. The SMILES string of the molecule is C/C=C\C=C/c1ccc(-c2ccc3c(c2)C(=C(C#N)C#N)c2nc4c(nc2-3)C(=C(C#N)C#N)c2cc(-c3ccc5ccccc5c3)ccc2-4)cc1. The van der Waals surface area contributed by atoms with E-state index in [1.54, 1.807) is 0 Å². The number of hydrogen-bond acceptors (Lipinski definition) is 6. The van der Waals surface area contributed by atoms with E-state index in [1.807, 2.05) is 104 Å². The van der Waals surface area contributed by atoms with Crippen molar-refractivity contribution in [1.82, 2.24) is 9.97 Å². The Labute approximate surface area is 294 Å². The Hall–Kier alpha value is -7.64. The van der Waals surface area contributed by atoms with Gasteiger partial charge in [0.2, 0.25) is 0 Å². The zero-order chi connectivity index (χ0) is 35.1. The van der Waals surface area contributed by atoms with Crippen molar-refractivity contribution in [3.05, 3.63) is 161 Å². The summed E-state index contributed by atoms with van der Waals surface area (Å²) >= 11 is 0. The molecule has 8 rings (SSSR count). The molecule has 1 aromatic heterocycles. The molecule has 0 amide bonds. The van der Waals surface area contributed by atoms with Crippen LogP contribution in [0.4, 0.5) is 0 Å². The van der Waals surface area contributed by atoms with Gasteiger partial charge in [0.1, 0.15) is 46.8 Å². The molecule has 0 spiro atoms. The number of benzene rings is 5. The van der Waals surface area contributed by atoms with Crippen molar-refractivity contribution >= 4 is 28.0 Å². The highest BCUT2D eigenvalue weighted by molar-refractivity contribution is 6.07. The maximum atomic E-state index is 10.1. The third-order valence-electron chi connectivity index (χ3n) is 9.32. The van der Waals surface area contributed by atoms with Crippen LogP contribution in [-0.2, 0) is 0 Å². The molecule has 6 nitrogen and oxygen atoms in total. The van der Waals surface area contributed by atoms with Gasteiger partial charge in [0.25, 0.3) is 0 Å². The lowest BCUT2D eigenvalue weighted by Crippen LogP contribution is -1.98. The molecule has 1 heterocycles. The van der Waals surface area contributed by atoms with Crippen LogP contribution in [0.2, 0.25) is 0 Å². The Kier molecular flexibility index (Phi) is 7.48. The van der Waals surface area contributed by atoms with E-state index < -0.39 is 0 Å². The lowest BCUT2D eigenvalue weighted by Gasteiger charge is -2.08. The van der Waals surface area contributed by atoms with Crippen LogP contribution in [0.15, 0.2) is 133 Å². The zero-order valence-corrected chi connectivity index (χ0v) is 27.3. The zero-order valence-electron chi connectivity index (χ0n) is 27.3. The minimum atomic E-state index is -0.0683. The van der Waals surface area contributed by atoms with E-state index in [1.165, 1.54) is 0 Å². The molecule has 0 atom stereocenters. The number of fused-ring (bicyclic) bond motifs is 7. The highest BCUT2D eigenvalue weighted by atomic mass is 14.9. The highest BCUT2D eigenvalue weighted by Gasteiger charge is 2.36. The summed E-state index contributed by atoms with van der Waals surface area (Å²) in [6, 6.07) is 42.7. The number of aromatic nitrogens is 2. The molecule has 0 aliphatic heterocycles. The van der Waals surface area contributed by atoms with E-state index in [-0.39, 0.29) is 11.1 Å². The summed E-state index contributed by atoms with van der Waals surface area (Å²) in [5.74, 6) is 0. The van der Waals surface area contributed by atoms with E-state index in [9.17, 15) is 21.0 Å². The van der Waals surface area contributed by atoms with Crippen LogP contribution in [-0.4, -0.2) is 9.97 Å². The van der Waals surface area contributed by atoms with Gasteiger partial charge >= 0.3 is 0 Å². The molecule has 0 radical (unpaired) electrons. The fraction of sp³-hybridized carbons (Fsp3) is 0.0222. The minimum absolute atomic E-state index is 0.0667. The first-order chi connectivity index (χ1) is 25.1. The Balaban J connectivity index is 1.29. The van der Waals surface area contributed by atoms with E-state index in [0.717, 1.165) is 49.7 Å². The molecule has 0 saturated carbocycles. The van der Waals surface area contributed by atoms with Gasteiger partial charge < -0.3 is 0 Å². The molecule has 6 heteroatoms. The number of nitrogens with zero attached hydrogens (tertiary/aromatic N) is 6. The molecule has 234 valence electrons. The first-order valence-corrected chi connectivity index (χ1v) is 16.3. The van der Waals surface area contributed by atoms with Crippen LogP contribution in [0.3, 0.4) is 0 Å². The monoisotopic (exact) mass is 648 g/mol. The fourth-order valence-electron chi connectivity index (χ4n) is 6.90. The van der Waals surface area contributed by atoms with Gasteiger partial charge in [-0.1, -0.05) is 109 Å². The first kappa shape index (κ1) is 30.7. The van der Waals surface area contributed by atoms with E-state index in [0.29, 0.717) is 45.0 Å². The summed E-state index contributed by atoms with van der Waals surface area (Å²) in [4.78, 5) is 10.2. The molecular weight excluding hydrogens is 625 g/mol. The van der Waals surface area contributed by atoms with Gasteiger partial charge in [-0.05, 0) is 74.8 Å². The van der Waals surface area contributed by atoms with Crippen molar-refractivity contribution in [1.29, 1.82) is 21.0 Å². The van der Waals surface area contributed by atoms with Gasteiger partial charge in [0.05, 0.1) is 11.4 Å². The number of rotatable bonds is 4. The summed E-state index contributed by atoms with van der Waals surface area (Å²) in [6.07, 6.45) is 7.96. The van der Waals surface area contributed by atoms with E-state index in [4.69, 9.17) is 9.97 Å². The number of allylic oxidation sites excluding steroid dienone is 5. The van der Waals surface area contributed by atoms with Gasteiger partial charge in [-0.15, -0.1) is 0 Å². The van der Waals surface area contributed by atoms with Crippen LogP contribution in [0.5, 0.6) is 0 Å². The first-order valence-electron chi connectivity index (χ1n) is 16.3. The van der Waals surface area contributed by atoms with Crippen molar-refractivity contribution in [3.63, 3.8) is 0 Å². The number of nitriles is 4. The number of hydrogen-bond donors (Lipinski definition) is 0. The van der Waals surface area contributed by atoms with Crippen molar-refractivity contribution in [3.8, 4) is 69.0 Å². The summed E-state index contributed by atoms with van der Waals surface area (Å²) in [5.41, 5.74) is 10.2. The third-order valence-corrected chi connectivity index (χ3v) is 9.32. The molecule has 6 aromatic rings. The minimum Gasteiger partial charge on any atom is -0.243 e. The van der Waals surface area contributed by atoms with Crippen molar-refractivity contribution < 1.29 is 0 Å². The molecule has 2 aliphatic rings. The molecule has 0 saturated heterocycles. The second-order valence-corrected chi connectivity index (χ2v) is 12.2. The normalized spacial score (nSPS) is 12.1. The van der Waals surface area contributed by atoms with Crippen LogP contribution in [0, 0.1) is 45.3 Å². The maximum absolute atomic E-state index is 10.1. The maximum Gasteiger partial charge on any atom is 0.139 e. The van der Waals surface area contributed by atoms with Crippen LogP contribution in [0.25, 0.3) is 72.8 Å². The Bertz CT molecular complexity index is 2750. The summed E-state index contributed by atoms with van der Waals surface area (Å²) in [7, 11) is 0. The summed E-state index contributed by atoms with van der Waals surface area (Å²) < 4.78 is 0. The van der Waals surface area contributed by atoms with Crippen molar-refractivity contribution in [2.75, 3.05) is 0 Å². The van der Waals surface area contributed by atoms with Gasteiger partial charge in [-0.2, -0.15) is 21.0 Å². The second kappa shape index (κ2) is 12.4. The average molecular weight is 649 g/mol. The van der Waals surface area contributed by atoms with Crippen LogP contribution >= 0.6 is 0 Å². The van der Waals surface area contributed by atoms with Crippen LogP contribution < -0.4 is 0 Å². The lowest BCUT2D eigenvalue weighted by molar-refractivity contribution is 1.18. The van der Waals surface area contributed by atoms with Gasteiger partial charge in [-0.3, -0.25) is 0 Å². The fourth-order valence-corrected chi connectivity index (χ4v) is 6.90. The van der Waals surface area contributed by atoms with Gasteiger partial charge in [0, 0.05) is 22.3 Å². The standard InChI is InChI=1S/C45H24N6/c1-2-3-4-7-27-10-12-29(13-11-27)32-16-18-36-38(21-32)40(34(23-46)24-47)44-42(36)50-45-41(35(25-48)26-49)39-22-33(17-19-37(39)43(45)51-44)31-15-14-28-8-5-6-9-30(28)20-31/h2-22H,1H3/b3-2-,7-4-. The van der Waals surface area contributed by atoms with E-state index in [2.05, 4.69) is 54.6 Å².